The Morgan fingerprint density at radius 2 is 2.09 bits per heavy atom. The number of likely N-dealkylation sites (tertiary alicyclic amines) is 1. The van der Waals surface area contributed by atoms with Crippen molar-refractivity contribution in [1.82, 2.24) is 10.2 Å². The number of hydrogen-bond donors (Lipinski definition) is 3. The monoisotopic (exact) mass is 474 g/mol. The highest BCUT2D eigenvalue weighted by molar-refractivity contribution is 5.77. The van der Waals surface area contributed by atoms with Crippen LogP contribution in [0.5, 0.6) is 11.5 Å². The molecule has 2 bridgehead atoms. The summed E-state index contributed by atoms with van der Waals surface area (Å²) in [5.74, 6) is 0.715. The maximum atomic E-state index is 13.2. The Morgan fingerprint density at radius 1 is 1.29 bits per heavy atom. The minimum absolute atomic E-state index is 0.00588. The third kappa shape index (κ3) is 3.12. The number of amides is 1. The van der Waals surface area contributed by atoms with Crippen LogP contribution in [-0.2, 0) is 16.6 Å². The number of carbonyl (C=O) groups excluding carboxylic acids is 1. The highest BCUT2D eigenvalue weighted by Gasteiger charge is 2.72. The smallest absolute Gasteiger partial charge is 0.220 e. The van der Waals surface area contributed by atoms with Crippen molar-refractivity contribution in [1.29, 1.82) is 0 Å². The van der Waals surface area contributed by atoms with Gasteiger partial charge in [-0.1, -0.05) is 49.4 Å². The van der Waals surface area contributed by atoms with E-state index in [0.717, 1.165) is 42.6 Å². The number of nitrogens with zero attached hydrogens (tertiary/aromatic N) is 1. The van der Waals surface area contributed by atoms with Gasteiger partial charge in [0.1, 0.15) is 6.10 Å². The average Bonchev–Trinajstić information content (AvgIpc) is 3.21. The Hall–Kier alpha value is -2.83. The maximum absolute atomic E-state index is 13.2. The molecule has 6 heteroatoms. The molecule has 1 saturated heterocycles. The molecule has 2 aliphatic heterocycles. The van der Waals surface area contributed by atoms with Crippen LogP contribution in [0, 0.1) is 0 Å². The van der Waals surface area contributed by atoms with Crippen LogP contribution < -0.4 is 10.1 Å². The van der Waals surface area contributed by atoms with E-state index < -0.39 is 17.1 Å². The van der Waals surface area contributed by atoms with E-state index in [1.165, 1.54) is 0 Å². The molecule has 1 spiro atoms. The quantitative estimate of drug-likeness (QED) is 0.559. The van der Waals surface area contributed by atoms with Crippen LogP contribution in [0.25, 0.3) is 0 Å². The summed E-state index contributed by atoms with van der Waals surface area (Å²) in [6, 6.07) is 13.5. The number of rotatable bonds is 6. The van der Waals surface area contributed by atoms with Crippen LogP contribution in [0.3, 0.4) is 0 Å². The number of aromatic hydroxyl groups is 1. The minimum Gasteiger partial charge on any atom is -0.504 e. The van der Waals surface area contributed by atoms with Crippen LogP contribution in [0.2, 0.25) is 0 Å². The number of hydrogen-bond acceptors (Lipinski definition) is 5. The second-order valence-corrected chi connectivity index (χ2v) is 10.9. The molecule has 2 aromatic carbocycles. The van der Waals surface area contributed by atoms with Gasteiger partial charge >= 0.3 is 0 Å². The summed E-state index contributed by atoms with van der Waals surface area (Å²) in [7, 11) is 0. The summed E-state index contributed by atoms with van der Waals surface area (Å²) in [6.45, 7) is 7.55. The Morgan fingerprint density at radius 3 is 2.86 bits per heavy atom. The van der Waals surface area contributed by atoms with Gasteiger partial charge in [0.25, 0.3) is 0 Å². The molecule has 4 aliphatic rings. The van der Waals surface area contributed by atoms with E-state index in [1.807, 2.05) is 30.3 Å². The molecule has 3 N–H and O–H groups in total. The Bertz CT molecular complexity index is 1170. The van der Waals surface area contributed by atoms with Gasteiger partial charge in [-0.05, 0) is 55.3 Å². The zero-order valence-corrected chi connectivity index (χ0v) is 20.2. The molecule has 1 saturated carbocycles. The number of piperidine rings is 1. The van der Waals surface area contributed by atoms with Crippen LogP contribution in [0.15, 0.2) is 55.1 Å². The number of phenolic OH excluding ortho intramolecular Hbond substituents is 1. The van der Waals surface area contributed by atoms with Crippen molar-refractivity contribution < 1.29 is 19.7 Å². The predicted molar refractivity (Wildman–Crippen MR) is 134 cm³/mol. The van der Waals surface area contributed by atoms with Crippen LogP contribution in [-0.4, -0.2) is 57.9 Å². The highest BCUT2D eigenvalue weighted by Crippen LogP contribution is 2.65. The van der Waals surface area contributed by atoms with E-state index in [-0.39, 0.29) is 29.7 Å². The third-order valence-corrected chi connectivity index (χ3v) is 9.14. The lowest BCUT2D eigenvalue weighted by atomic mass is 9.48. The van der Waals surface area contributed by atoms with E-state index in [1.54, 1.807) is 6.07 Å². The molecule has 2 aliphatic carbocycles. The number of carbonyl (C=O) groups is 1. The third-order valence-electron chi connectivity index (χ3n) is 9.14. The number of ether oxygens (including phenoxy) is 1. The molecule has 6 rings (SSSR count). The first-order valence-electron chi connectivity index (χ1n) is 12.8. The molecule has 0 aromatic heterocycles. The van der Waals surface area contributed by atoms with Crippen molar-refractivity contribution in [2.24, 2.45) is 0 Å². The van der Waals surface area contributed by atoms with Gasteiger partial charge < -0.3 is 20.3 Å². The number of aliphatic hydroxyl groups is 1. The van der Waals surface area contributed by atoms with Gasteiger partial charge in [0.15, 0.2) is 11.5 Å². The fourth-order valence-electron chi connectivity index (χ4n) is 7.61. The zero-order valence-electron chi connectivity index (χ0n) is 20.2. The SMILES string of the molecule is C=CCN1CC[C@]23c4c5ccc(O)c4OC2C(NC(=O)CC(C)c2ccccc2)CC[C@@]3(O)[C@H]1C5. The Kier molecular flexibility index (Phi) is 5.24. The van der Waals surface area contributed by atoms with Crippen molar-refractivity contribution >= 4 is 5.91 Å². The molecule has 1 amide bonds. The van der Waals surface area contributed by atoms with Crippen molar-refractivity contribution in [3.8, 4) is 11.5 Å². The molecule has 2 heterocycles. The van der Waals surface area contributed by atoms with Crippen molar-refractivity contribution in [3.63, 3.8) is 0 Å². The van der Waals surface area contributed by atoms with Crippen molar-refractivity contribution in [3.05, 3.63) is 71.8 Å². The van der Waals surface area contributed by atoms with Gasteiger partial charge in [-0.3, -0.25) is 9.69 Å². The van der Waals surface area contributed by atoms with Gasteiger partial charge in [-0.15, -0.1) is 6.58 Å². The normalized spacial score (nSPS) is 33.4. The lowest BCUT2D eigenvalue weighted by Crippen LogP contribution is -2.78. The maximum Gasteiger partial charge on any atom is 0.220 e. The first-order chi connectivity index (χ1) is 16.9. The Balaban J connectivity index is 1.33. The molecule has 2 fully saturated rings. The molecule has 35 heavy (non-hydrogen) atoms. The summed E-state index contributed by atoms with van der Waals surface area (Å²) in [5.41, 5.74) is 1.62. The molecule has 3 unspecified atom stereocenters. The van der Waals surface area contributed by atoms with Gasteiger partial charge in [-0.2, -0.15) is 0 Å². The number of phenols is 1. The summed E-state index contributed by atoms with van der Waals surface area (Å²) in [4.78, 5) is 15.5. The van der Waals surface area contributed by atoms with Crippen molar-refractivity contribution in [2.45, 2.75) is 74.1 Å². The van der Waals surface area contributed by atoms with Crippen LogP contribution in [0.4, 0.5) is 0 Å². The Labute approximate surface area is 206 Å². The molecular formula is C29H34N2O4. The van der Waals surface area contributed by atoms with Crippen LogP contribution >= 0.6 is 0 Å². The zero-order chi connectivity index (χ0) is 24.4. The average molecular weight is 475 g/mol. The second-order valence-electron chi connectivity index (χ2n) is 10.9. The largest absolute Gasteiger partial charge is 0.504 e. The van der Waals surface area contributed by atoms with E-state index >= 15 is 0 Å². The molecular weight excluding hydrogens is 440 g/mol. The molecule has 184 valence electrons. The topological polar surface area (TPSA) is 82.0 Å². The first-order valence-corrected chi connectivity index (χ1v) is 12.8. The standard InChI is InChI=1S/C29H34N2O4/c1-3-14-31-15-13-28-25-20-9-10-22(32)26(25)35-27(28)21(11-12-29(28,34)23(31)17-20)30-24(33)16-18(2)19-7-5-4-6-8-19/h3-10,18,21,23,27,32,34H,1,11-17H2,2H3,(H,30,33)/t18?,21?,23-,27?,28+,29-/m1/s1. The lowest BCUT2D eigenvalue weighted by Gasteiger charge is -2.64. The fraction of sp³-hybridized carbons (Fsp3) is 0.483. The summed E-state index contributed by atoms with van der Waals surface area (Å²) in [6.07, 6.45) is 4.54. The van der Waals surface area contributed by atoms with E-state index in [0.29, 0.717) is 25.0 Å². The number of nitrogens with one attached hydrogen (secondary N) is 1. The summed E-state index contributed by atoms with van der Waals surface area (Å²) < 4.78 is 6.51. The van der Waals surface area contributed by atoms with Crippen LogP contribution in [0.1, 0.15) is 55.2 Å². The second kappa shape index (κ2) is 8.10. The van der Waals surface area contributed by atoms with Crippen molar-refractivity contribution in [2.75, 3.05) is 13.1 Å². The van der Waals surface area contributed by atoms with Gasteiger partial charge in [0.2, 0.25) is 5.91 Å². The first kappa shape index (κ1) is 22.6. The van der Waals surface area contributed by atoms with Gasteiger partial charge in [0.05, 0.1) is 17.1 Å². The molecule has 6 nitrogen and oxygen atoms in total. The summed E-state index contributed by atoms with van der Waals surface area (Å²) in [5, 5.41) is 26.4. The molecule has 0 radical (unpaired) electrons. The molecule has 6 atom stereocenters. The number of benzene rings is 2. The van der Waals surface area contributed by atoms with Gasteiger partial charge in [-0.25, -0.2) is 0 Å². The van der Waals surface area contributed by atoms with E-state index in [4.69, 9.17) is 4.74 Å². The lowest BCUT2D eigenvalue weighted by molar-refractivity contribution is -0.190. The van der Waals surface area contributed by atoms with E-state index in [9.17, 15) is 15.0 Å². The van der Waals surface area contributed by atoms with E-state index in [2.05, 4.69) is 35.9 Å². The predicted octanol–water partition coefficient (Wildman–Crippen LogP) is 3.41. The molecule has 2 aromatic rings. The summed E-state index contributed by atoms with van der Waals surface area (Å²) >= 11 is 0. The van der Waals surface area contributed by atoms with Gasteiger partial charge in [0, 0.05) is 24.6 Å². The minimum atomic E-state index is -0.983. The highest BCUT2D eigenvalue weighted by atomic mass is 16.5. The fourth-order valence-corrected chi connectivity index (χ4v) is 7.61.